The predicted molar refractivity (Wildman–Crippen MR) is 102 cm³/mol. The molecule has 0 unspecified atom stereocenters. The van der Waals surface area contributed by atoms with Crippen LogP contribution in [0.2, 0.25) is 6.32 Å². The Bertz CT molecular complexity index is 661. The highest BCUT2D eigenvalue weighted by molar-refractivity contribution is 6.46. The highest BCUT2D eigenvalue weighted by Crippen LogP contribution is 2.42. The van der Waals surface area contributed by atoms with E-state index in [1.54, 1.807) is 32.9 Å². The van der Waals surface area contributed by atoms with Crippen molar-refractivity contribution >= 4 is 13.1 Å². The molecule has 0 radical (unpaired) electrons. The van der Waals surface area contributed by atoms with E-state index in [9.17, 15) is 9.90 Å². The molecule has 1 aromatic carbocycles. The van der Waals surface area contributed by atoms with Gasteiger partial charge >= 0.3 is 13.1 Å². The molecule has 0 saturated carbocycles. The normalized spacial score (nSPS) is 21.3. The fraction of sp³-hybridized carbons (Fsp3) is 0.650. The van der Waals surface area contributed by atoms with E-state index in [1.165, 1.54) is 0 Å². The van der Waals surface area contributed by atoms with E-state index in [4.69, 9.17) is 14.0 Å². The number of ether oxygens (including phenoxy) is 1. The van der Waals surface area contributed by atoms with Gasteiger partial charge in [-0.05, 0) is 66.5 Å². The van der Waals surface area contributed by atoms with Crippen LogP contribution >= 0.6 is 0 Å². The fourth-order valence-corrected chi connectivity index (χ4v) is 2.99. The molecule has 1 aromatic rings. The molecule has 0 aromatic heterocycles. The van der Waals surface area contributed by atoms with Gasteiger partial charge in [0, 0.05) is 6.32 Å². The van der Waals surface area contributed by atoms with Crippen LogP contribution in [0.3, 0.4) is 0 Å². The maximum Gasteiger partial charge on any atom is 0.461 e. The molecule has 0 spiro atoms. The van der Waals surface area contributed by atoms with Crippen LogP contribution in [-0.4, -0.2) is 35.0 Å². The van der Waals surface area contributed by atoms with Crippen molar-refractivity contribution in [1.82, 2.24) is 0 Å². The third-order valence-corrected chi connectivity index (χ3v) is 5.09. The summed E-state index contributed by atoms with van der Waals surface area (Å²) in [5.74, 6) is -0.700. The number of carbonyl (C=O) groups excluding carboxylic acids is 1. The van der Waals surface area contributed by atoms with Crippen LogP contribution in [-0.2, 0) is 24.4 Å². The SMILES string of the molecule is Cc1ccccc1[C@](O)(CB1OC(C)(C)C(C)(C)O1)C(=O)OC(C)(C)C. The Morgan fingerprint density at radius 2 is 1.62 bits per heavy atom. The molecule has 1 heterocycles. The third-order valence-electron chi connectivity index (χ3n) is 5.09. The van der Waals surface area contributed by atoms with Crippen LogP contribution in [0.15, 0.2) is 24.3 Å². The quantitative estimate of drug-likeness (QED) is 0.655. The summed E-state index contributed by atoms with van der Waals surface area (Å²) >= 11 is 0. The summed E-state index contributed by atoms with van der Waals surface area (Å²) < 4.78 is 17.5. The monoisotopic (exact) mass is 362 g/mol. The maximum absolute atomic E-state index is 13.0. The van der Waals surface area contributed by atoms with Crippen LogP contribution in [0.25, 0.3) is 0 Å². The second-order valence-electron chi connectivity index (χ2n) is 9.07. The van der Waals surface area contributed by atoms with Gasteiger partial charge in [-0.25, -0.2) is 4.79 Å². The molecule has 5 nitrogen and oxygen atoms in total. The molecular formula is C20H31BO5. The van der Waals surface area contributed by atoms with Crippen molar-refractivity contribution in [3.63, 3.8) is 0 Å². The van der Waals surface area contributed by atoms with E-state index < -0.39 is 35.5 Å². The smallest absolute Gasteiger partial charge is 0.458 e. The number of esters is 1. The first kappa shape index (κ1) is 20.9. The van der Waals surface area contributed by atoms with E-state index in [0.29, 0.717) is 5.56 Å². The lowest BCUT2D eigenvalue weighted by molar-refractivity contribution is -0.177. The standard InChI is InChI=1S/C20H31BO5/c1-14-11-9-10-12-15(14)20(23,16(22)24-17(2,3)4)13-21-25-18(5,6)19(7,8)26-21/h9-12,23H,13H2,1-8H3/t20-/m1/s1. The van der Waals surface area contributed by atoms with E-state index in [0.717, 1.165) is 5.56 Å². The van der Waals surface area contributed by atoms with Crippen molar-refractivity contribution in [2.24, 2.45) is 0 Å². The van der Waals surface area contributed by atoms with Crippen molar-refractivity contribution in [1.29, 1.82) is 0 Å². The van der Waals surface area contributed by atoms with Gasteiger partial charge in [-0.15, -0.1) is 0 Å². The Morgan fingerprint density at radius 3 is 2.08 bits per heavy atom. The van der Waals surface area contributed by atoms with Gasteiger partial charge in [0.25, 0.3) is 0 Å². The number of benzene rings is 1. The average Bonchev–Trinajstić information content (AvgIpc) is 2.64. The van der Waals surface area contributed by atoms with E-state index in [2.05, 4.69) is 0 Å². The number of aliphatic hydroxyl groups is 1. The second kappa shape index (κ2) is 6.66. The molecule has 0 amide bonds. The summed E-state index contributed by atoms with van der Waals surface area (Å²) in [5.41, 5.74) is -2.36. The topological polar surface area (TPSA) is 65.0 Å². The largest absolute Gasteiger partial charge is 0.461 e. The van der Waals surface area contributed by atoms with E-state index in [1.807, 2.05) is 46.8 Å². The summed E-state index contributed by atoms with van der Waals surface area (Å²) in [4.78, 5) is 13.0. The first-order chi connectivity index (χ1) is 11.7. The van der Waals surface area contributed by atoms with Gasteiger partial charge in [-0.1, -0.05) is 24.3 Å². The van der Waals surface area contributed by atoms with Gasteiger partial charge in [0.15, 0.2) is 5.60 Å². The summed E-state index contributed by atoms with van der Waals surface area (Å²) in [6.45, 7) is 14.9. The number of carbonyl (C=O) groups is 1. The molecular weight excluding hydrogens is 331 g/mol. The molecule has 6 heteroatoms. The third kappa shape index (κ3) is 4.13. The zero-order valence-electron chi connectivity index (χ0n) is 17.2. The zero-order chi connectivity index (χ0) is 20.0. The average molecular weight is 362 g/mol. The van der Waals surface area contributed by atoms with Crippen molar-refractivity contribution in [2.45, 2.75) is 84.1 Å². The zero-order valence-corrected chi connectivity index (χ0v) is 17.2. The highest BCUT2D eigenvalue weighted by Gasteiger charge is 2.56. The Hall–Kier alpha value is -1.37. The second-order valence-corrected chi connectivity index (χ2v) is 9.07. The van der Waals surface area contributed by atoms with Gasteiger partial charge in [0.2, 0.25) is 0 Å². The minimum absolute atomic E-state index is 0.0420. The first-order valence-electron chi connectivity index (χ1n) is 9.05. The molecule has 1 fully saturated rings. The number of hydrogen-bond acceptors (Lipinski definition) is 5. The molecule has 144 valence electrons. The lowest BCUT2D eigenvalue weighted by Crippen LogP contribution is -2.45. The van der Waals surface area contributed by atoms with E-state index >= 15 is 0 Å². The van der Waals surface area contributed by atoms with E-state index in [-0.39, 0.29) is 6.32 Å². The summed E-state index contributed by atoms with van der Waals surface area (Å²) in [6, 6.07) is 7.25. The predicted octanol–water partition coefficient (Wildman–Crippen LogP) is 3.62. The lowest BCUT2D eigenvalue weighted by Gasteiger charge is -2.32. The molecule has 1 N–H and O–H groups in total. The molecule has 26 heavy (non-hydrogen) atoms. The Morgan fingerprint density at radius 1 is 1.12 bits per heavy atom. The fourth-order valence-electron chi connectivity index (χ4n) is 2.99. The molecule has 1 saturated heterocycles. The van der Waals surface area contributed by atoms with Gasteiger partial charge in [-0.2, -0.15) is 0 Å². The Labute approximate surface area is 157 Å². The molecule has 0 bridgehead atoms. The van der Waals surface area contributed by atoms with Crippen molar-refractivity contribution in [2.75, 3.05) is 0 Å². The molecule has 1 atom stereocenters. The number of aryl methyl sites for hydroxylation is 1. The molecule has 1 aliphatic rings. The van der Waals surface area contributed by atoms with Crippen LogP contribution in [0.5, 0.6) is 0 Å². The van der Waals surface area contributed by atoms with Crippen LogP contribution in [0.1, 0.15) is 59.6 Å². The van der Waals surface area contributed by atoms with Gasteiger partial charge < -0.3 is 19.2 Å². The van der Waals surface area contributed by atoms with Gasteiger partial charge in [-0.3, -0.25) is 0 Å². The molecule has 2 rings (SSSR count). The Balaban J connectivity index is 2.40. The van der Waals surface area contributed by atoms with Gasteiger partial charge in [0.05, 0.1) is 11.2 Å². The summed E-state index contributed by atoms with van der Waals surface area (Å²) in [6.07, 6.45) is -0.0420. The summed E-state index contributed by atoms with van der Waals surface area (Å²) in [5, 5.41) is 11.5. The molecule has 0 aliphatic carbocycles. The number of rotatable bonds is 4. The number of hydrogen-bond donors (Lipinski definition) is 1. The minimum Gasteiger partial charge on any atom is -0.458 e. The Kier molecular flexibility index (Phi) is 5.37. The van der Waals surface area contributed by atoms with Crippen molar-refractivity contribution < 1.29 is 23.9 Å². The minimum atomic E-state index is -1.86. The summed E-state index contributed by atoms with van der Waals surface area (Å²) in [7, 11) is -0.725. The highest BCUT2D eigenvalue weighted by atomic mass is 16.7. The van der Waals surface area contributed by atoms with Crippen LogP contribution < -0.4 is 0 Å². The van der Waals surface area contributed by atoms with Crippen molar-refractivity contribution in [3.05, 3.63) is 35.4 Å². The van der Waals surface area contributed by atoms with Gasteiger partial charge in [0.1, 0.15) is 5.60 Å². The lowest BCUT2D eigenvalue weighted by atomic mass is 9.71. The van der Waals surface area contributed by atoms with Crippen LogP contribution in [0.4, 0.5) is 0 Å². The van der Waals surface area contributed by atoms with Crippen LogP contribution in [0, 0.1) is 6.92 Å². The first-order valence-corrected chi connectivity index (χ1v) is 9.05. The maximum atomic E-state index is 13.0. The van der Waals surface area contributed by atoms with Crippen molar-refractivity contribution in [3.8, 4) is 0 Å². The molecule has 1 aliphatic heterocycles.